The number of rotatable bonds is 8. The van der Waals surface area contributed by atoms with Gasteiger partial charge in [-0.2, -0.15) is 0 Å². The van der Waals surface area contributed by atoms with Gasteiger partial charge in [0.15, 0.2) is 11.5 Å². The Balaban J connectivity index is 0.000000294. The normalized spacial score (nSPS) is 10.8. The monoisotopic (exact) mass is 374 g/mol. The van der Waals surface area contributed by atoms with Crippen molar-refractivity contribution in [3.8, 4) is 11.5 Å². The van der Waals surface area contributed by atoms with Crippen LogP contribution in [0.5, 0.6) is 11.5 Å². The van der Waals surface area contributed by atoms with E-state index in [0.29, 0.717) is 0 Å². The van der Waals surface area contributed by atoms with Gasteiger partial charge in [0.05, 0.1) is 0 Å². The minimum atomic E-state index is -0.520. The maximum atomic E-state index is 11.1. The second kappa shape index (κ2) is 13.3. The maximum absolute atomic E-state index is 11.1. The lowest BCUT2D eigenvalue weighted by Gasteiger charge is -2.08. The van der Waals surface area contributed by atoms with Crippen LogP contribution in [0.25, 0.3) is 12.2 Å². The van der Waals surface area contributed by atoms with Gasteiger partial charge in [-0.15, -0.1) is 0 Å². The third-order valence-corrected chi connectivity index (χ3v) is 5.21. The van der Waals surface area contributed by atoms with Gasteiger partial charge in [0, 0.05) is 0 Å². The van der Waals surface area contributed by atoms with Gasteiger partial charge in [-0.3, -0.25) is 0 Å². The molecule has 0 unspecified atom stereocenters. The largest absolute Gasteiger partial charge is 0.616 e. The highest BCUT2D eigenvalue weighted by Crippen LogP contribution is 2.25. The molecule has 0 heterocycles. The average Bonchev–Trinajstić information content (AvgIpc) is 2.67. The summed E-state index contributed by atoms with van der Waals surface area (Å²) in [5.41, 5.74) is 1.94. The summed E-state index contributed by atoms with van der Waals surface area (Å²) in [6.07, 6.45) is 8.41. The number of benzene rings is 2. The predicted molar refractivity (Wildman–Crippen MR) is 113 cm³/mol. The van der Waals surface area contributed by atoms with Crippen molar-refractivity contribution in [2.75, 3.05) is 11.5 Å². The van der Waals surface area contributed by atoms with Gasteiger partial charge < -0.3 is 14.8 Å². The third kappa shape index (κ3) is 9.54. The molecule has 142 valence electrons. The van der Waals surface area contributed by atoms with Gasteiger partial charge >= 0.3 is 0 Å². The van der Waals surface area contributed by atoms with Crippen LogP contribution in [0.15, 0.2) is 48.5 Å². The van der Waals surface area contributed by atoms with Crippen LogP contribution in [0.4, 0.5) is 0 Å². The molecule has 0 radical (unpaired) electrons. The molecule has 0 fully saturated rings. The van der Waals surface area contributed by atoms with Crippen LogP contribution >= 0.6 is 0 Å². The first-order valence-electron chi connectivity index (χ1n) is 9.16. The second-order valence-corrected chi connectivity index (χ2v) is 7.74. The number of hydrogen-bond donors (Lipinski definition) is 2. The molecule has 0 aliphatic rings. The smallest absolute Gasteiger partial charge is 0.157 e. The van der Waals surface area contributed by atoms with E-state index in [9.17, 15) is 9.66 Å². The van der Waals surface area contributed by atoms with Crippen LogP contribution < -0.4 is 0 Å². The van der Waals surface area contributed by atoms with Crippen LogP contribution in [0, 0.1) is 0 Å². The summed E-state index contributed by atoms with van der Waals surface area (Å²) in [7, 11) is 0. The summed E-state index contributed by atoms with van der Waals surface area (Å²) in [6.45, 7) is 4.27. The van der Waals surface area contributed by atoms with Crippen LogP contribution in [0.3, 0.4) is 0 Å². The highest BCUT2D eigenvalue weighted by molar-refractivity contribution is 7.91. The van der Waals surface area contributed by atoms with Crippen molar-refractivity contribution in [2.24, 2.45) is 0 Å². The van der Waals surface area contributed by atoms with Crippen LogP contribution in [-0.4, -0.2) is 26.3 Å². The highest BCUT2D eigenvalue weighted by atomic mass is 32.2. The Hall–Kier alpha value is -1.91. The molecule has 2 aromatic carbocycles. The molecule has 2 aromatic rings. The Morgan fingerprint density at radius 2 is 1.38 bits per heavy atom. The fourth-order valence-electron chi connectivity index (χ4n) is 2.11. The average molecular weight is 375 g/mol. The molecule has 4 heteroatoms. The summed E-state index contributed by atoms with van der Waals surface area (Å²) in [5, 5.41) is 18.5. The van der Waals surface area contributed by atoms with Crippen molar-refractivity contribution in [3.05, 3.63) is 59.7 Å². The van der Waals surface area contributed by atoms with Crippen LogP contribution in [-0.2, 0) is 11.2 Å². The van der Waals surface area contributed by atoms with Gasteiger partial charge in [-0.1, -0.05) is 86.4 Å². The summed E-state index contributed by atoms with van der Waals surface area (Å²) in [4.78, 5) is 0. The third-order valence-electron chi connectivity index (χ3n) is 3.72. The Bertz CT molecular complexity index is 633. The first kappa shape index (κ1) is 22.1. The van der Waals surface area contributed by atoms with Crippen molar-refractivity contribution >= 4 is 23.3 Å². The van der Waals surface area contributed by atoms with Crippen molar-refractivity contribution in [1.82, 2.24) is 0 Å². The standard InChI is InChI=1S/C14H12O2.C8H18OS/c15-13-9-8-12(10-14(13)16)7-6-11-4-2-1-3-5-11;1-3-5-7-10(9)8-6-4-2/h1-10,15-16H;3-8H2,1-2H3/b7-6+;. The lowest BCUT2D eigenvalue weighted by atomic mass is 10.1. The van der Waals surface area contributed by atoms with E-state index < -0.39 is 11.2 Å². The molecule has 26 heavy (non-hydrogen) atoms. The molecule has 3 nitrogen and oxygen atoms in total. The van der Waals surface area contributed by atoms with Crippen LogP contribution in [0.1, 0.15) is 50.7 Å². The van der Waals surface area contributed by atoms with E-state index in [1.54, 1.807) is 6.07 Å². The number of hydrogen-bond acceptors (Lipinski definition) is 3. The van der Waals surface area contributed by atoms with Crippen molar-refractivity contribution in [3.63, 3.8) is 0 Å². The lowest BCUT2D eigenvalue weighted by molar-refractivity contribution is 0.403. The summed E-state index contributed by atoms with van der Waals surface area (Å²) >= 11 is -0.520. The van der Waals surface area contributed by atoms with Crippen LogP contribution in [0.2, 0.25) is 0 Å². The quantitative estimate of drug-likeness (QED) is 0.359. The fourth-order valence-corrected chi connectivity index (χ4v) is 3.54. The van der Waals surface area contributed by atoms with Gasteiger partial charge in [0.2, 0.25) is 0 Å². The zero-order chi connectivity index (χ0) is 19.2. The number of aromatic hydroxyl groups is 2. The van der Waals surface area contributed by atoms with Gasteiger partial charge in [0.25, 0.3) is 0 Å². The molecule has 0 spiro atoms. The lowest BCUT2D eigenvalue weighted by Crippen LogP contribution is -2.10. The highest BCUT2D eigenvalue weighted by Gasteiger charge is 2.02. The van der Waals surface area contributed by atoms with Crippen molar-refractivity contribution in [2.45, 2.75) is 39.5 Å². The zero-order valence-corrected chi connectivity index (χ0v) is 16.5. The molecule has 0 bridgehead atoms. The molecule has 0 saturated carbocycles. The van der Waals surface area contributed by atoms with Crippen molar-refractivity contribution < 1.29 is 14.8 Å². The molecule has 0 saturated heterocycles. The number of phenolic OH excluding ortho intramolecular Hbond substituents is 2. The molecular formula is C22H30O3S. The van der Waals surface area contributed by atoms with E-state index in [1.165, 1.54) is 12.1 Å². The fraction of sp³-hybridized carbons (Fsp3) is 0.364. The number of phenols is 2. The zero-order valence-electron chi connectivity index (χ0n) is 15.7. The van der Waals surface area contributed by atoms with E-state index in [2.05, 4.69) is 13.8 Å². The molecule has 0 aromatic heterocycles. The van der Waals surface area contributed by atoms with E-state index in [4.69, 9.17) is 5.11 Å². The van der Waals surface area contributed by atoms with E-state index in [-0.39, 0.29) is 11.5 Å². The molecular weight excluding hydrogens is 344 g/mol. The molecule has 0 aliphatic carbocycles. The first-order chi connectivity index (χ1) is 12.6. The molecule has 0 aliphatic heterocycles. The molecule has 0 amide bonds. The Morgan fingerprint density at radius 1 is 0.808 bits per heavy atom. The van der Waals surface area contributed by atoms with E-state index in [1.807, 2.05) is 42.5 Å². The van der Waals surface area contributed by atoms with E-state index >= 15 is 0 Å². The minimum Gasteiger partial charge on any atom is -0.616 e. The summed E-state index contributed by atoms with van der Waals surface area (Å²) in [5.74, 6) is 1.62. The van der Waals surface area contributed by atoms with Crippen molar-refractivity contribution in [1.29, 1.82) is 0 Å². The van der Waals surface area contributed by atoms with Gasteiger partial charge in [-0.05, 0) is 36.1 Å². The summed E-state index contributed by atoms with van der Waals surface area (Å²) < 4.78 is 11.1. The van der Waals surface area contributed by atoms with Gasteiger partial charge in [-0.25, -0.2) is 0 Å². The SMILES string of the molecule is CCCC[S+]([O-])CCCC.Oc1ccc(/C=C/c2ccccc2)cc1O. The topological polar surface area (TPSA) is 63.5 Å². The maximum Gasteiger partial charge on any atom is 0.157 e. The Labute approximate surface area is 160 Å². The molecule has 2 rings (SSSR count). The van der Waals surface area contributed by atoms with Gasteiger partial charge in [0.1, 0.15) is 11.5 Å². The molecule has 0 atom stereocenters. The van der Waals surface area contributed by atoms with E-state index in [0.717, 1.165) is 48.3 Å². The second-order valence-electron chi connectivity index (χ2n) is 6.05. The first-order valence-corrected chi connectivity index (χ1v) is 10.7. The summed E-state index contributed by atoms with van der Waals surface area (Å²) in [6, 6.07) is 14.6. The predicted octanol–water partition coefficient (Wildman–Crippen LogP) is 5.60. The Morgan fingerprint density at radius 3 is 1.92 bits per heavy atom. The number of unbranched alkanes of at least 4 members (excludes halogenated alkanes) is 2. The minimum absolute atomic E-state index is 0.100. The Kier molecular flexibility index (Phi) is 11.3. The molecule has 2 N–H and O–H groups in total.